The summed E-state index contributed by atoms with van der Waals surface area (Å²) in [6.07, 6.45) is 1.79. The summed E-state index contributed by atoms with van der Waals surface area (Å²) in [4.78, 5) is 32.1. The molecule has 4 aromatic rings. The molecule has 0 saturated carbocycles. The second-order valence-corrected chi connectivity index (χ2v) is 11.2. The molecule has 0 saturated heterocycles. The zero-order valence-corrected chi connectivity index (χ0v) is 25.5. The first kappa shape index (κ1) is 29.0. The molecule has 5 rings (SSSR count). The predicted molar refractivity (Wildman–Crippen MR) is 163 cm³/mol. The van der Waals surface area contributed by atoms with E-state index in [0.29, 0.717) is 47.7 Å². The number of allylic oxidation sites excluding steroid dienone is 1. The van der Waals surface area contributed by atoms with E-state index in [0.717, 1.165) is 11.1 Å². The molecule has 3 aromatic carbocycles. The lowest BCUT2D eigenvalue weighted by Crippen LogP contribution is -2.39. The monoisotopic (exact) mass is 643 g/mol. The van der Waals surface area contributed by atoms with E-state index in [1.807, 2.05) is 54.6 Å². The maximum absolute atomic E-state index is 13.8. The van der Waals surface area contributed by atoms with Crippen molar-refractivity contribution in [2.75, 3.05) is 13.7 Å². The van der Waals surface area contributed by atoms with Gasteiger partial charge in [-0.1, -0.05) is 47.7 Å². The highest BCUT2D eigenvalue weighted by Crippen LogP contribution is 2.35. The molecule has 42 heavy (non-hydrogen) atoms. The summed E-state index contributed by atoms with van der Waals surface area (Å²) < 4.78 is 19.3. The Bertz CT molecular complexity index is 1920. The third-order valence-corrected chi connectivity index (χ3v) is 8.32. The Morgan fingerprint density at radius 3 is 2.62 bits per heavy atom. The molecule has 212 valence electrons. The Morgan fingerprint density at radius 1 is 1.17 bits per heavy atom. The van der Waals surface area contributed by atoms with Gasteiger partial charge in [-0.25, -0.2) is 9.79 Å². The van der Waals surface area contributed by atoms with Crippen LogP contribution in [0.5, 0.6) is 11.5 Å². The largest absolute Gasteiger partial charge is 0.496 e. The molecule has 0 radical (unpaired) electrons. The molecule has 0 spiro atoms. The number of carbonyl (C=O) groups excluding carboxylic acids is 1. The number of thiazole rings is 1. The van der Waals surface area contributed by atoms with Crippen molar-refractivity contribution in [3.05, 3.63) is 124 Å². The molecule has 10 heteroatoms. The van der Waals surface area contributed by atoms with E-state index in [9.17, 15) is 14.9 Å². The maximum Gasteiger partial charge on any atom is 0.338 e. The molecule has 1 atom stereocenters. The van der Waals surface area contributed by atoms with Crippen molar-refractivity contribution in [1.29, 1.82) is 5.26 Å². The lowest BCUT2D eigenvalue weighted by molar-refractivity contribution is -0.139. The molecule has 0 N–H and O–H groups in total. The minimum Gasteiger partial charge on any atom is -0.496 e. The fourth-order valence-electron chi connectivity index (χ4n) is 4.69. The second kappa shape index (κ2) is 12.6. The number of aromatic nitrogens is 1. The Kier molecular flexibility index (Phi) is 8.71. The summed E-state index contributed by atoms with van der Waals surface area (Å²) in [5.41, 5.74) is 3.44. The number of nitriles is 1. The summed E-state index contributed by atoms with van der Waals surface area (Å²) in [6, 6.07) is 21.6. The molecule has 0 amide bonds. The van der Waals surface area contributed by atoms with E-state index in [4.69, 9.17) is 14.2 Å². The van der Waals surface area contributed by atoms with Gasteiger partial charge in [-0.3, -0.25) is 9.36 Å². The Hall–Kier alpha value is -4.46. The van der Waals surface area contributed by atoms with Crippen molar-refractivity contribution in [3.8, 4) is 17.6 Å². The topological polar surface area (TPSA) is 103 Å². The molecule has 2 heterocycles. The molecular weight excluding hydrogens is 618 g/mol. The first-order valence-electron chi connectivity index (χ1n) is 13.1. The SMILES string of the molecule is CCOC(=O)C1=C(C)N=c2s/c(=C/c3ccc(OCc4ccccc4C#N)cc3)c(=O)n2[C@@H]1c1ccc(OC)c(Br)c1. The molecule has 0 aliphatic carbocycles. The summed E-state index contributed by atoms with van der Waals surface area (Å²) in [5.74, 6) is 0.755. The number of rotatable bonds is 8. The van der Waals surface area contributed by atoms with Crippen LogP contribution in [-0.2, 0) is 16.1 Å². The fourth-order valence-corrected chi connectivity index (χ4v) is 6.29. The lowest BCUT2D eigenvalue weighted by Gasteiger charge is -2.25. The van der Waals surface area contributed by atoms with Crippen LogP contribution in [0.1, 0.15) is 42.1 Å². The maximum atomic E-state index is 13.8. The first-order valence-corrected chi connectivity index (χ1v) is 14.7. The van der Waals surface area contributed by atoms with Crippen LogP contribution in [0.25, 0.3) is 6.08 Å². The van der Waals surface area contributed by atoms with E-state index in [-0.39, 0.29) is 18.8 Å². The van der Waals surface area contributed by atoms with Crippen LogP contribution in [0, 0.1) is 11.3 Å². The van der Waals surface area contributed by atoms with Gasteiger partial charge in [-0.2, -0.15) is 5.26 Å². The molecule has 1 aliphatic heterocycles. The second-order valence-electron chi connectivity index (χ2n) is 9.32. The predicted octanol–water partition coefficient (Wildman–Crippen LogP) is 5.02. The van der Waals surface area contributed by atoms with Crippen LogP contribution in [0.3, 0.4) is 0 Å². The van der Waals surface area contributed by atoms with Crippen LogP contribution < -0.4 is 24.4 Å². The number of hydrogen-bond acceptors (Lipinski definition) is 8. The summed E-state index contributed by atoms with van der Waals surface area (Å²) >= 11 is 4.78. The number of esters is 1. The van der Waals surface area contributed by atoms with E-state index in [2.05, 4.69) is 27.0 Å². The van der Waals surface area contributed by atoms with Gasteiger partial charge in [-0.15, -0.1) is 0 Å². The van der Waals surface area contributed by atoms with Crippen LogP contribution in [0.4, 0.5) is 0 Å². The van der Waals surface area contributed by atoms with Gasteiger partial charge in [0.15, 0.2) is 4.80 Å². The number of ether oxygens (including phenoxy) is 3. The van der Waals surface area contributed by atoms with E-state index in [1.54, 1.807) is 43.7 Å². The fraction of sp³-hybridized carbons (Fsp3) is 0.188. The quantitative estimate of drug-likeness (QED) is 0.250. The van der Waals surface area contributed by atoms with Crippen LogP contribution >= 0.6 is 27.3 Å². The van der Waals surface area contributed by atoms with E-state index < -0.39 is 12.0 Å². The number of benzene rings is 3. The average molecular weight is 645 g/mol. The normalized spacial score (nSPS) is 14.5. The minimum atomic E-state index is -0.725. The number of halogens is 1. The van der Waals surface area contributed by atoms with Gasteiger partial charge in [0.2, 0.25) is 0 Å². The van der Waals surface area contributed by atoms with Gasteiger partial charge in [0, 0.05) is 5.56 Å². The first-order chi connectivity index (χ1) is 20.3. The highest BCUT2D eigenvalue weighted by atomic mass is 79.9. The number of nitrogens with zero attached hydrogens (tertiary/aromatic N) is 3. The lowest BCUT2D eigenvalue weighted by atomic mass is 9.96. The molecular formula is C32H26BrN3O5S. The Morgan fingerprint density at radius 2 is 1.93 bits per heavy atom. The average Bonchev–Trinajstić information content (AvgIpc) is 3.29. The minimum absolute atomic E-state index is 0.198. The van der Waals surface area contributed by atoms with Crippen molar-refractivity contribution < 1.29 is 19.0 Å². The van der Waals surface area contributed by atoms with Gasteiger partial charge in [0.1, 0.15) is 18.1 Å². The van der Waals surface area contributed by atoms with Crippen molar-refractivity contribution in [2.45, 2.75) is 26.5 Å². The number of carbonyl (C=O) groups is 1. The number of methoxy groups -OCH3 is 1. The molecule has 0 bridgehead atoms. The highest BCUT2D eigenvalue weighted by molar-refractivity contribution is 9.10. The van der Waals surface area contributed by atoms with Crippen LogP contribution in [0.15, 0.2) is 92.3 Å². The van der Waals surface area contributed by atoms with Crippen LogP contribution in [-0.4, -0.2) is 24.3 Å². The van der Waals surface area contributed by atoms with Gasteiger partial charge < -0.3 is 14.2 Å². The van der Waals surface area contributed by atoms with Gasteiger partial charge in [0.25, 0.3) is 5.56 Å². The van der Waals surface area contributed by atoms with Crippen molar-refractivity contribution in [1.82, 2.24) is 4.57 Å². The van der Waals surface area contributed by atoms with Gasteiger partial charge >= 0.3 is 5.97 Å². The summed E-state index contributed by atoms with van der Waals surface area (Å²) in [5, 5.41) is 9.29. The van der Waals surface area contributed by atoms with Gasteiger partial charge in [0.05, 0.1) is 51.7 Å². The molecule has 0 unspecified atom stereocenters. The molecule has 0 fully saturated rings. The summed E-state index contributed by atoms with van der Waals surface area (Å²) in [7, 11) is 1.57. The third-order valence-electron chi connectivity index (χ3n) is 6.72. The highest BCUT2D eigenvalue weighted by Gasteiger charge is 2.33. The Balaban J connectivity index is 1.51. The third kappa shape index (κ3) is 5.79. The smallest absolute Gasteiger partial charge is 0.338 e. The molecule has 1 aromatic heterocycles. The Labute approximate surface area is 254 Å². The van der Waals surface area contributed by atoms with Gasteiger partial charge in [-0.05, 0) is 77.3 Å². The zero-order valence-electron chi connectivity index (χ0n) is 23.1. The standard InChI is InChI=1S/C32H26BrN3O5S/c1-4-40-31(38)28-19(2)35-32-36(29(28)21-11-14-26(39-3)25(33)16-21)30(37)27(42-32)15-20-9-12-24(13-10-20)41-18-23-8-6-5-7-22(23)17-34/h5-16,29H,4,18H2,1-3H3/b27-15+/t29-/m1/s1. The van der Waals surface area contributed by atoms with Crippen molar-refractivity contribution >= 4 is 39.3 Å². The number of fused-ring (bicyclic) bond motifs is 1. The summed E-state index contributed by atoms with van der Waals surface area (Å²) in [6.45, 7) is 3.96. The molecule has 1 aliphatic rings. The van der Waals surface area contributed by atoms with Crippen LogP contribution in [0.2, 0.25) is 0 Å². The zero-order chi connectivity index (χ0) is 29.8. The number of hydrogen-bond donors (Lipinski definition) is 0. The van der Waals surface area contributed by atoms with E-state index >= 15 is 0 Å². The van der Waals surface area contributed by atoms with Crippen molar-refractivity contribution in [2.24, 2.45) is 4.99 Å². The molecule has 8 nitrogen and oxygen atoms in total. The van der Waals surface area contributed by atoms with Crippen molar-refractivity contribution in [3.63, 3.8) is 0 Å². The van der Waals surface area contributed by atoms with E-state index in [1.165, 1.54) is 11.3 Å².